The van der Waals surface area contributed by atoms with E-state index in [-0.39, 0.29) is 36.9 Å². The Morgan fingerprint density at radius 1 is 1.33 bits per heavy atom. The highest BCUT2D eigenvalue weighted by molar-refractivity contribution is 7.21. The number of nitrogen functional groups attached to an aromatic ring is 1. The van der Waals surface area contributed by atoms with Gasteiger partial charge in [0, 0.05) is 23.5 Å². The molecule has 3 aromatic rings. The number of benzene rings is 2. The Morgan fingerprint density at radius 3 is 2.93 bits per heavy atom. The lowest BCUT2D eigenvalue weighted by Gasteiger charge is -2.15. The zero-order chi connectivity index (χ0) is 21.3. The van der Waals surface area contributed by atoms with Gasteiger partial charge in [0.1, 0.15) is 10.7 Å². The van der Waals surface area contributed by atoms with E-state index in [0.29, 0.717) is 11.4 Å². The van der Waals surface area contributed by atoms with E-state index < -0.39 is 5.97 Å². The van der Waals surface area contributed by atoms with Crippen LogP contribution >= 0.6 is 11.3 Å². The highest BCUT2D eigenvalue weighted by Crippen LogP contribution is 2.33. The fraction of sp³-hybridized carbons (Fsp3) is 0.190. The first-order chi connectivity index (χ1) is 14.5. The third kappa shape index (κ3) is 3.72. The van der Waals surface area contributed by atoms with Crippen LogP contribution in [0.4, 0.5) is 11.4 Å². The molecule has 9 heteroatoms. The number of aliphatic hydroxyl groups excluding tert-OH is 1. The standard InChI is InChI=1S/C21H20N4O4S/c1-29-21(28)15-11-25(7-8-26)20(27)18(15)23-14-4-2-3-12(9-14)19-24-16-6-5-13(22)10-17(16)30-19/h2-6,9-10,23,26H,7-8,11,22H2,1H3. The van der Waals surface area contributed by atoms with Gasteiger partial charge in [-0.05, 0) is 30.3 Å². The Bertz CT molecular complexity index is 1170. The second-order valence-electron chi connectivity index (χ2n) is 6.75. The molecule has 8 nitrogen and oxygen atoms in total. The average molecular weight is 424 g/mol. The summed E-state index contributed by atoms with van der Waals surface area (Å²) in [6.07, 6.45) is 0. The number of nitrogens with two attached hydrogens (primary N) is 1. The summed E-state index contributed by atoms with van der Waals surface area (Å²) in [7, 11) is 1.27. The van der Waals surface area contributed by atoms with Crippen molar-refractivity contribution in [2.75, 3.05) is 37.9 Å². The number of nitrogens with one attached hydrogen (secondary N) is 1. The molecule has 1 aromatic heterocycles. The van der Waals surface area contributed by atoms with Crippen molar-refractivity contribution in [2.45, 2.75) is 0 Å². The van der Waals surface area contributed by atoms with Gasteiger partial charge in [-0.25, -0.2) is 9.78 Å². The topological polar surface area (TPSA) is 118 Å². The number of esters is 1. The van der Waals surface area contributed by atoms with Gasteiger partial charge >= 0.3 is 5.97 Å². The minimum absolute atomic E-state index is 0.0907. The van der Waals surface area contributed by atoms with Gasteiger partial charge in [0.05, 0.1) is 36.1 Å². The first kappa shape index (κ1) is 19.9. The SMILES string of the molecule is COC(=O)C1=C(Nc2cccc(-c3nc4ccc(N)cc4s3)c2)C(=O)N(CCO)C1. The fourth-order valence-electron chi connectivity index (χ4n) is 3.29. The molecule has 2 aromatic carbocycles. The van der Waals surface area contributed by atoms with Crippen molar-refractivity contribution in [2.24, 2.45) is 0 Å². The highest BCUT2D eigenvalue weighted by Gasteiger charge is 2.34. The minimum atomic E-state index is -0.578. The maximum Gasteiger partial charge on any atom is 0.337 e. The molecule has 1 amide bonds. The number of hydrogen-bond donors (Lipinski definition) is 3. The number of amides is 1. The quantitative estimate of drug-likeness (QED) is 0.410. The maximum absolute atomic E-state index is 12.7. The predicted octanol–water partition coefficient (Wildman–Crippen LogP) is 2.22. The van der Waals surface area contributed by atoms with Crippen LogP contribution in [0.15, 0.2) is 53.7 Å². The van der Waals surface area contributed by atoms with Crippen LogP contribution in [-0.2, 0) is 14.3 Å². The Hall–Kier alpha value is -3.43. The van der Waals surface area contributed by atoms with Crippen LogP contribution < -0.4 is 11.1 Å². The number of hydrogen-bond acceptors (Lipinski definition) is 8. The van der Waals surface area contributed by atoms with Gasteiger partial charge in [-0.3, -0.25) is 4.79 Å². The molecule has 0 aliphatic carbocycles. The van der Waals surface area contributed by atoms with E-state index in [9.17, 15) is 14.7 Å². The molecular weight excluding hydrogens is 404 g/mol. The molecular formula is C21H20N4O4S. The van der Waals surface area contributed by atoms with Gasteiger partial charge in [0.25, 0.3) is 5.91 Å². The van der Waals surface area contributed by atoms with Crippen LogP contribution in [0.2, 0.25) is 0 Å². The molecule has 0 bridgehead atoms. The van der Waals surface area contributed by atoms with Gasteiger partial charge in [-0.1, -0.05) is 12.1 Å². The monoisotopic (exact) mass is 424 g/mol. The molecule has 154 valence electrons. The van der Waals surface area contributed by atoms with E-state index in [4.69, 9.17) is 10.5 Å². The molecule has 0 atom stereocenters. The van der Waals surface area contributed by atoms with E-state index in [1.807, 2.05) is 36.4 Å². The number of ether oxygens (including phenoxy) is 1. The lowest BCUT2D eigenvalue weighted by atomic mass is 10.2. The van der Waals surface area contributed by atoms with Crippen LogP contribution in [0.5, 0.6) is 0 Å². The Balaban J connectivity index is 1.66. The molecule has 1 aliphatic heterocycles. The number of aliphatic hydroxyl groups is 1. The summed E-state index contributed by atoms with van der Waals surface area (Å²) in [5, 5.41) is 13.1. The van der Waals surface area contributed by atoms with E-state index in [1.165, 1.54) is 23.3 Å². The second kappa shape index (κ2) is 8.13. The van der Waals surface area contributed by atoms with Crippen LogP contribution in [0.3, 0.4) is 0 Å². The number of carbonyl (C=O) groups is 2. The lowest BCUT2D eigenvalue weighted by molar-refractivity contribution is -0.136. The molecule has 0 saturated heterocycles. The molecule has 0 spiro atoms. The third-order valence-corrected chi connectivity index (χ3v) is 5.81. The molecule has 0 unspecified atom stereocenters. The summed E-state index contributed by atoms with van der Waals surface area (Å²) < 4.78 is 5.81. The summed E-state index contributed by atoms with van der Waals surface area (Å²) in [6, 6.07) is 13.0. The molecule has 0 fully saturated rings. The van der Waals surface area contributed by atoms with E-state index in [2.05, 4.69) is 10.3 Å². The first-order valence-electron chi connectivity index (χ1n) is 9.25. The summed E-state index contributed by atoms with van der Waals surface area (Å²) in [4.78, 5) is 30.9. The minimum Gasteiger partial charge on any atom is -0.466 e. The highest BCUT2D eigenvalue weighted by atomic mass is 32.1. The van der Waals surface area contributed by atoms with Crippen LogP contribution in [0.1, 0.15) is 0 Å². The molecule has 2 heterocycles. The Labute approximate surface area is 176 Å². The zero-order valence-electron chi connectivity index (χ0n) is 16.2. The van der Waals surface area contributed by atoms with Crippen molar-refractivity contribution in [1.82, 2.24) is 9.88 Å². The summed E-state index contributed by atoms with van der Waals surface area (Å²) in [5.74, 6) is -0.934. The van der Waals surface area contributed by atoms with Crippen LogP contribution in [0.25, 0.3) is 20.8 Å². The largest absolute Gasteiger partial charge is 0.466 e. The second-order valence-corrected chi connectivity index (χ2v) is 7.78. The molecule has 4 N–H and O–H groups in total. The number of nitrogens with zero attached hydrogens (tertiary/aromatic N) is 2. The molecule has 0 radical (unpaired) electrons. The van der Waals surface area contributed by atoms with Crippen molar-refractivity contribution in [3.63, 3.8) is 0 Å². The smallest absolute Gasteiger partial charge is 0.337 e. The zero-order valence-corrected chi connectivity index (χ0v) is 17.0. The average Bonchev–Trinajstić information content (AvgIpc) is 3.30. The maximum atomic E-state index is 12.7. The van der Waals surface area contributed by atoms with Crippen LogP contribution in [-0.4, -0.2) is 53.7 Å². The van der Waals surface area contributed by atoms with Crippen molar-refractivity contribution in [3.8, 4) is 10.6 Å². The number of thiazole rings is 1. The van der Waals surface area contributed by atoms with E-state index in [1.54, 1.807) is 6.07 Å². The molecule has 30 heavy (non-hydrogen) atoms. The predicted molar refractivity (Wildman–Crippen MR) is 116 cm³/mol. The van der Waals surface area contributed by atoms with Crippen molar-refractivity contribution >= 4 is 44.8 Å². The van der Waals surface area contributed by atoms with Gasteiger partial charge in [0.2, 0.25) is 0 Å². The number of anilines is 2. The van der Waals surface area contributed by atoms with E-state index in [0.717, 1.165) is 20.8 Å². The Morgan fingerprint density at radius 2 is 2.17 bits per heavy atom. The number of fused-ring (bicyclic) bond motifs is 1. The molecule has 0 saturated carbocycles. The van der Waals surface area contributed by atoms with Crippen LogP contribution in [0, 0.1) is 0 Å². The first-order valence-corrected chi connectivity index (χ1v) is 10.1. The fourth-order valence-corrected chi connectivity index (χ4v) is 4.30. The molecule has 1 aliphatic rings. The van der Waals surface area contributed by atoms with Gasteiger partial charge in [0.15, 0.2) is 0 Å². The van der Waals surface area contributed by atoms with E-state index >= 15 is 0 Å². The lowest BCUT2D eigenvalue weighted by Crippen LogP contribution is -2.31. The normalized spacial score (nSPS) is 13.9. The molecule has 4 rings (SSSR count). The van der Waals surface area contributed by atoms with Gasteiger partial charge in [-0.15, -0.1) is 11.3 Å². The van der Waals surface area contributed by atoms with Gasteiger partial charge in [-0.2, -0.15) is 0 Å². The summed E-state index contributed by atoms with van der Waals surface area (Å²) in [5.41, 5.74) is 9.31. The number of aromatic nitrogens is 1. The summed E-state index contributed by atoms with van der Waals surface area (Å²) in [6.45, 7) is 0.0395. The number of carbonyl (C=O) groups excluding carboxylic acids is 2. The van der Waals surface area contributed by atoms with Crippen molar-refractivity contribution in [1.29, 1.82) is 0 Å². The summed E-state index contributed by atoms with van der Waals surface area (Å²) >= 11 is 1.52. The number of methoxy groups -OCH3 is 1. The van der Waals surface area contributed by atoms with Gasteiger partial charge < -0.3 is 25.8 Å². The third-order valence-electron chi connectivity index (χ3n) is 4.74. The number of rotatable bonds is 6. The number of β-amino-alcohol motifs (C(OH)–C–C–N with tert-alkyl or cyclic N) is 1. The van der Waals surface area contributed by atoms with Crippen molar-refractivity contribution < 1.29 is 19.4 Å². The Kier molecular flexibility index (Phi) is 5.39. The van der Waals surface area contributed by atoms with Crippen molar-refractivity contribution in [3.05, 3.63) is 53.7 Å².